The van der Waals surface area contributed by atoms with Gasteiger partial charge in [-0.05, 0) is 51.9 Å². The first kappa shape index (κ1) is 15.6. The highest BCUT2D eigenvalue weighted by atomic mass is 16.3. The van der Waals surface area contributed by atoms with Gasteiger partial charge in [0.05, 0.1) is 29.4 Å². The van der Waals surface area contributed by atoms with Gasteiger partial charge in [0, 0.05) is 6.54 Å². The molecule has 0 radical (unpaired) electrons. The van der Waals surface area contributed by atoms with Crippen LogP contribution >= 0.6 is 0 Å². The second-order valence-electron chi connectivity index (χ2n) is 5.92. The molecule has 2 aromatic heterocycles. The predicted molar refractivity (Wildman–Crippen MR) is 87.3 cm³/mol. The summed E-state index contributed by atoms with van der Waals surface area (Å²) in [6.07, 6.45) is 4.06. The molecule has 0 aliphatic carbocycles. The average molecular weight is 317 g/mol. The SMILES string of the molecule is Cc1n[nH]c(C)c1NC(=O)NCC(c1ccco1)N1CCCC1. The molecule has 2 amide bonds. The molecule has 3 rings (SSSR count). The minimum absolute atomic E-state index is 0.0739. The zero-order valence-electron chi connectivity index (χ0n) is 13.6. The van der Waals surface area contributed by atoms with Crippen LogP contribution in [-0.4, -0.2) is 40.8 Å². The summed E-state index contributed by atoms with van der Waals surface area (Å²) in [6, 6.07) is 3.70. The number of aromatic amines is 1. The molecule has 124 valence electrons. The Labute approximate surface area is 135 Å². The number of nitrogens with zero attached hydrogens (tertiary/aromatic N) is 2. The molecule has 0 saturated carbocycles. The Kier molecular flexibility index (Phi) is 4.66. The first-order chi connectivity index (χ1) is 11.1. The summed E-state index contributed by atoms with van der Waals surface area (Å²) in [6.45, 7) is 6.32. The molecule has 1 saturated heterocycles. The number of rotatable bonds is 5. The molecule has 0 bridgehead atoms. The van der Waals surface area contributed by atoms with Gasteiger partial charge >= 0.3 is 6.03 Å². The predicted octanol–water partition coefficient (Wildman–Crippen LogP) is 2.58. The molecule has 23 heavy (non-hydrogen) atoms. The molecule has 1 atom stereocenters. The molecule has 3 N–H and O–H groups in total. The fourth-order valence-electron chi connectivity index (χ4n) is 3.03. The van der Waals surface area contributed by atoms with E-state index in [2.05, 4.69) is 25.7 Å². The second kappa shape index (κ2) is 6.87. The number of amides is 2. The third kappa shape index (κ3) is 3.56. The maximum absolute atomic E-state index is 12.2. The van der Waals surface area contributed by atoms with E-state index in [-0.39, 0.29) is 12.1 Å². The fraction of sp³-hybridized carbons (Fsp3) is 0.500. The van der Waals surface area contributed by atoms with Gasteiger partial charge in [0.15, 0.2) is 0 Å². The van der Waals surface area contributed by atoms with Crippen LogP contribution < -0.4 is 10.6 Å². The largest absolute Gasteiger partial charge is 0.468 e. The number of nitrogens with one attached hydrogen (secondary N) is 3. The van der Waals surface area contributed by atoms with Gasteiger partial charge in [-0.25, -0.2) is 4.79 Å². The Morgan fingerprint density at radius 3 is 2.83 bits per heavy atom. The van der Waals surface area contributed by atoms with Crippen LogP contribution in [0.4, 0.5) is 10.5 Å². The number of hydrogen-bond donors (Lipinski definition) is 3. The lowest BCUT2D eigenvalue weighted by Gasteiger charge is -2.26. The summed E-state index contributed by atoms with van der Waals surface area (Å²) in [5.41, 5.74) is 2.36. The number of carbonyl (C=O) groups excluding carboxylic acids is 1. The molecular formula is C16H23N5O2. The Bertz CT molecular complexity index is 624. The molecule has 1 unspecified atom stereocenters. The number of H-pyrrole nitrogens is 1. The molecule has 0 spiro atoms. The standard InChI is InChI=1S/C16H23N5O2/c1-11-15(12(2)20-19-11)18-16(22)17-10-13(14-6-5-9-23-14)21-7-3-4-8-21/h5-6,9,13H,3-4,7-8,10H2,1-2H3,(H,19,20)(H2,17,18,22). The van der Waals surface area contributed by atoms with E-state index >= 15 is 0 Å². The highest BCUT2D eigenvalue weighted by molar-refractivity contribution is 5.90. The Hall–Kier alpha value is -2.28. The van der Waals surface area contributed by atoms with Crippen molar-refractivity contribution < 1.29 is 9.21 Å². The van der Waals surface area contributed by atoms with Crippen LogP contribution in [0.15, 0.2) is 22.8 Å². The summed E-state index contributed by atoms with van der Waals surface area (Å²) in [5.74, 6) is 0.892. The molecule has 7 heteroatoms. The zero-order valence-corrected chi connectivity index (χ0v) is 13.6. The highest BCUT2D eigenvalue weighted by Crippen LogP contribution is 2.25. The van der Waals surface area contributed by atoms with Gasteiger partial charge in [-0.2, -0.15) is 5.10 Å². The van der Waals surface area contributed by atoms with Crippen molar-refractivity contribution in [2.45, 2.75) is 32.7 Å². The van der Waals surface area contributed by atoms with E-state index in [1.165, 1.54) is 12.8 Å². The van der Waals surface area contributed by atoms with Crippen LogP contribution in [0.1, 0.15) is 36.0 Å². The molecule has 2 aromatic rings. The summed E-state index contributed by atoms with van der Waals surface area (Å²) in [7, 11) is 0. The minimum atomic E-state index is -0.228. The van der Waals surface area contributed by atoms with Crippen molar-refractivity contribution in [3.8, 4) is 0 Å². The second-order valence-corrected chi connectivity index (χ2v) is 5.92. The summed E-state index contributed by atoms with van der Waals surface area (Å²) in [5, 5.41) is 12.7. The van der Waals surface area contributed by atoms with Crippen molar-refractivity contribution in [2.75, 3.05) is 25.0 Å². The van der Waals surface area contributed by atoms with Crippen LogP contribution in [0.2, 0.25) is 0 Å². The van der Waals surface area contributed by atoms with Gasteiger partial charge < -0.3 is 15.1 Å². The van der Waals surface area contributed by atoms with E-state index in [0.29, 0.717) is 6.54 Å². The van der Waals surface area contributed by atoms with Crippen molar-refractivity contribution in [1.29, 1.82) is 0 Å². The Morgan fingerprint density at radius 1 is 1.43 bits per heavy atom. The number of aryl methyl sites for hydroxylation is 2. The Morgan fingerprint density at radius 2 is 2.22 bits per heavy atom. The maximum Gasteiger partial charge on any atom is 0.319 e. The molecular weight excluding hydrogens is 294 g/mol. The number of anilines is 1. The van der Waals surface area contributed by atoms with Crippen molar-refractivity contribution in [2.24, 2.45) is 0 Å². The number of carbonyl (C=O) groups is 1. The summed E-state index contributed by atoms with van der Waals surface area (Å²) in [4.78, 5) is 14.5. The van der Waals surface area contributed by atoms with Gasteiger partial charge in [0.1, 0.15) is 5.76 Å². The van der Waals surface area contributed by atoms with Crippen molar-refractivity contribution in [3.63, 3.8) is 0 Å². The van der Waals surface area contributed by atoms with E-state index in [1.807, 2.05) is 26.0 Å². The van der Waals surface area contributed by atoms with Gasteiger partial charge in [-0.1, -0.05) is 0 Å². The third-order valence-corrected chi connectivity index (χ3v) is 4.28. The molecule has 1 aliphatic heterocycles. The maximum atomic E-state index is 12.2. The Balaban J connectivity index is 1.61. The van der Waals surface area contributed by atoms with Crippen LogP contribution in [0.5, 0.6) is 0 Å². The van der Waals surface area contributed by atoms with Crippen LogP contribution in [-0.2, 0) is 0 Å². The average Bonchev–Trinajstić information content (AvgIpc) is 3.27. The summed E-state index contributed by atoms with van der Waals surface area (Å²) < 4.78 is 5.56. The lowest BCUT2D eigenvalue weighted by molar-refractivity contribution is 0.207. The van der Waals surface area contributed by atoms with E-state index in [1.54, 1.807) is 6.26 Å². The normalized spacial score (nSPS) is 16.4. The number of hydrogen-bond acceptors (Lipinski definition) is 4. The van der Waals surface area contributed by atoms with Crippen molar-refractivity contribution >= 4 is 11.7 Å². The van der Waals surface area contributed by atoms with E-state index in [9.17, 15) is 4.79 Å². The molecule has 1 aliphatic rings. The summed E-state index contributed by atoms with van der Waals surface area (Å²) >= 11 is 0. The topological polar surface area (TPSA) is 86.2 Å². The lowest BCUT2D eigenvalue weighted by Crippen LogP contribution is -2.38. The number of urea groups is 1. The zero-order chi connectivity index (χ0) is 16.2. The highest BCUT2D eigenvalue weighted by Gasteiger charge is 2.26. The van der Waals surface area contributed by atoms with Gasteiger partial charge in [0.25, 0.3) is 0 Å². The third-order valence-electron chi connectivity index (χ3n) is 4.28. The van der Waals surface area contributed by atoms with Crippen LogP contribution in [0, 0.1) is 13.8 Å². The number of likely N-dealkylation sites (tertiary alicyclic amines) is 1. The van der Waals surface area contributed by atoms with Crippen molar-refractivity contribution in [1.82, 2.24) is 20.4 Å². The monoisotopic (exact) mass is 317 g/mol. The first-order valence-electron chi connectivity index (χ1n) is 7.99. The van der Waals surface area contributed by atoms with Gasteiger partial charge in [-0.3, -0.25) is 10.00 Å². The molecule has 3 heterocycles. The number of furan rings is 1. The van der Waals surface area contributed by atoms with Gasteiger partial charge in [-0.15, -0.1) is 0 Å². The van der Waals surface area contributed by atoms with E-state index in [4.69, 9.17) is 4.42 Å². The van der Waals surface area contributed by atoms with Crippen LogP contribution in [0.3, 0.4) is 0 Å². The quantitative estimate of drug-likeness (QED) is 0.791. The van der Waals surface area contributed by atoms with E-state index < -0.39 is 0 Å². The van der Waals surface area contributed by atoms with Crippen molar-refractivity contribution in [3.05, 3.63) is 35.5 Å². The fourth-order valence-corrected chi connectivity index (χ4v) is 3.03. The molecule has 7 nitrogen and oxygen atoms in total. The molecule has 1 fully saturated rings. The lowest BCUT2D eigenvalue weighted by atomic mass is 10.2. The van der Waals surface area contributed by atoms with Crippen LogP contribution in [0.25, 0.3) is 0 Å². The molecule has 0 aromatic carbocycles. The smallest absolute Gasteiger partial charge is 0.319 e. The van der Waals surface area contributed by atoms with Gasteiger partial charge in [0.2, 0.25) is 0 Å². The van der Waals surface area contributed by atoms with E-state index in [0.717, 1.165) is 35.9 Å². The first-order valence-corrected chi connectivity index (χ1v) is 7.99. The number of aromatic nitrogens is 2. The minimum Gasteiger partial charge on any atom is -0.468 e.